The zero-order valence-electron chi connectivity index (χ0n) is 30.3. The van der Waals surface area contributed by atoms with Gasteiger partial charge in [0, 0.05) is 39.1 Å². The van der Waals surface area contributed by atoms with Gasteiger partial charge in [-0.25, -0.2) is 15.0 Å². The van der Waals surface area contributed by atoms with Gasteiger partial charge in [0.1, 0.15) is 11.9 Å². The minimum atomic E-state index is -0.159. The number of fused-ring (bicyclic) bond motifs is 6. The lowest BCUT2D eigenvalue weighted by molar-refractivity contribution is 0.270. The molecule has 9 aromatic rings. The summed E-state index contributed by atoms with van der Waals surface area (Å²) in [7, 11) is 0. The van der Waals surface area contributed by atoms with Crippen LogP contribution in [-0.4, -0.2) is 25.6 Å². The molecule has 1 aliphatic heterocycles. The van der Waals surface area contributed by atoms with E-state index in [1.54, 1.807) is 0 Å². The van der Waals surface area contributed by atoms with E-state index in [1.165, 1.54) is 27.4 Å². The van der Waals surface area contributed by atoms with Crippen molar-refractivity contribution in [2.24, 2.45) is 0 Å². The first-order valence-corrected chi connectivity index (χ1v) is 19.0. The average molecular weight is 719 g/mol. The summed E-state index contributed by atoms with van der Waals surface area (Å²) in [6.07, 6.45) is 6.65. The molecule has 56 heavy (non-hydrogen) atoms. The lowest BCUT2D eigenvalue weighted by atomic mass is 9.87. The van der Waals surface area contributed by atoms with Gasteiger partial charge in [0.2, 0.25) is 0 Å². The molecule has 1 aliphatic carbocycles. The molecule has 0 N–H and O–H groups in total. The first-order chi connectivity index (χ1) is 27.7. The number of nitrogens with zero attached hydrogens (tertiary/aromatic N) is 4. The minimum absolute atomic E-state index is 0.0813. The number of rotatable bonds is 6. The van der Waals surface area contributed by atoms with Crippen molar-refractivity contribution in [3.63, 3.8) is 0 Å². The number of ether oxygens (including phenoxy) is 1. The molecule has 2 unspecified atom stereocenters. The Kier molecular flexibility index (Phi) is 7.56. The highest BCUT2D eigenvalue weighted by Crippen LogP contribution is 2.48. The first-order valence-electron chi connectivity index (χ1n) is 19.0. The van der Waals surface area contributed by atoms with Crippen molar-refractivity contribution >= 4 is 27.4 Å². The van der Waals surface area contributed by atoms with Crippen LogP contribution >= 0.6 is 0 Å². The number of hydrogen-bond acceptors (Lipinski definition) is 4. The van der Waals surface area contributed by atoms with Crippen LogP contribution in [0.3, 0.4) is 0 Å². The third-order valence-corrected chi connectivity index (χ3v) is 11.0. The molecule has 2 atom stereocenters. The van der Waals surface area contributed by atoms with E-state index in [0.717, 1.165) is 50.4 Å². The fraction of sp³-hybridized carbons (Fsp3) is 0.0392. The Balaban J connectivity index is 0.963. The van der Waals surface area contributed by atoms with E-state index in [2.05, 4.69) is 162 Å². The van der Waals surface area contributed by atoms with Crippen molar-refractivity contribution in [2.45, 2.75) is 12.0 Å². The maximum Gasteiger partial charge on any atom is 0.167 e. The smallest absolute Gasteiger partial charge is 0.167 e. The predicted octanol–water partition coefficient (Wildman–Crippen LogP) is 12.1. The molecule has 0 radical (unpaired) electrons. The molecule has 2 aromatic heterocycles. The van der Waals surface area contributed by atoms with E-state index in [4.69, 9.17) is 19.7 Å². The summed E-state index contributed by atoms with van der Waals surface area (Å²) in [5.74, 6) is 2.73. The van der Waals surface area contributed by atoms with Crippen LogP contribution < -0.4 is 4.74 Å². The summed E-state index contributed by atoms with van der Waals surface area (Å²) in [5.41, 5.74) is 12.0. The highest BCUT2D eigenvalue weighted by molar-refractivity contribution is 6.10. The Labute approximate surface area is 324 Å². The van der Waals surface area contributed by atoms with Crippen molar-refractivity contribution in [3.8, 4) is 56.7 Å². The molecule has 5 heteroatoms. The van der Waals surface area contributed by atoms with Gasteiger partial charge in [0.05, 0.1) is 16.6 Å². The summed E-state index contributed by atoms with van der Waals surface area (Å²) >= 11 is 0. The van der Waals surface area contributed by atoms with Gasteiger partial charge in [-0.15, -0.1) is 0 Å². The van der Waals surface area contributed by atoms with E-state index < -0.39 is 0 Å². The van der Waals surface area contributed by atoms with Crippen LogP contribution in [0.15, 0.2) is 194 Å². The Bertz CT molecular complexity index is 2990. The molecule has 3 heterocycles. The van der Waals surface area contributed by atoms with Crippen LogP contribution in [0, 0.1) is 0 Å². The maximum absolute atomic E-state index is 6.89. The second-order valence-corrected chi connectivity index (χ2v) is 14.3. The van der Waals surface area contributed by atoms with E-state index >= 15 is 0 Å². The number of hydrogen-bond donors (Lipinski definition) is 0. The standard InChI is InChI=1S/C51H34N4O/c1-4-13-33(14-5-1)34-23-25-36(26-24-34)50-52-49(35-15-6-2-7-16-35)53-51(54-50)43-21-12-20-42-41-29-27-38(32-47(41)56-48(42)43)37-28-30-46-44(31-37)40-19-10-11-22-45(40)55(46)39-17-8-3-9-18-39/h1-32,41,47H. The Morgan fingerprint density at radius 2 is 1.05 bits per heavy atom. The van der Waals surface area contributed by atoms with Gasteiger partial charge in [-0.2, -0.15) is 0 Å². The van der Waals surface area contributed by atoms with Crippen molar-refractivity contribution in [3.05, 3.63) is 205 Å². The second kappa shape index (κ2) is 13.2. The highest BCUT2D eigenvalue weighted by atomic mass is 16.5. The molecule has 11 rings (SSSR count). The summed E-state index contributed by atoms with van der Waals surface area (Å²) in [6, 6.07) is 61.3. The van der Waals surface area contributed by atoms with Crippen LogP contribution in [0.4, 0.5) is 0 Å². The molecule has 5 nitrogen and oxygen atoms in total. The van der Waals surface area contributed by atoms with Crippen LogP contribution in [0.2, 0.25) is 0 Å². The molecule has 264 valence electrons. The topological polar surface area (TPSA) is 52.8 Å². The monoisotopic (exact) mass is 718 g/mol. The van der Waals surface area contributed by atoms with Gasteiger partial charge in [-0.05, 0) is 64.7 Å². The van der Waals surface area contributed by atoms with Crippen molar-refractivity contribution in [1.82, 2.24) is 19.5 Å². The number of benzene rings is 7. The van der Waals surface area contributed by atoms with Crippen molar-refractivity contribution in [1.29, 1.82) is 0 Å². The highest BCUT2D eigenvalue weighted by Gasteiger charge is 2.36. The fourth-order valence-corrected chi connectivity index (χ4v) is 8.29. The van der Waals surface area contributed by atoms with Crippen molar-refractivity contribution in [2.75, 3.05) is 0 Å². The molecule has 0 saturated carbocycles. The number of allylic oxidation sites excluding steroid dienone is 2. The summed E-state index contributed by atoms with van der Waals surface area (Å²) in [5, 5.41) is 2.46. The zero-order valence-corrected chi connectivity index (χ0v) is 30.3. The van der Waals surface area contributed by atoms with E-state index in [9.17, 15) is 0 Å². The lowest BCUT2D eigenvalue weighted by Gasteiger charge is -2.19. The van der Waals surface area contributed by atoms with Gasteiger partial charge in [0.15, 0.2) is 17.5 Å². The summed E-state index contributed by atoms with van der Waals surface area (Å²) in [6.45, 7) is 0. The van der Waals surface area contributed by atoms with E-state index in [-0.39, 0.29) is 12.0 Å². The lowest BCUT2D eigenvalue weighted by Crippen LogP contribution is -2.17. The fourth-order valence-electron chi connectivity index (χ4n) is 8.29. The van der Waals surface area contributed by atoms with Gasteiger partial charge < -0.3 is 9.30 Å². The first kappa shape index (κ1) is 32.1. The molecular weight excluding hydrogens is 685 g/mol. The third-order valence-electron chi connectivity index (χ3n) is 11.0. The molecule has 0 spiro atoms. The summed E-state index contributed by atoms with van der Waals surface area (Å²) < 4.78 is 9.24. The number of para-hydroxylation sites is 3. The third kappa shape index (κ3) is 5.44. The van der Waals surface area contributed by atoms with Crippen molar-refractivity contribution < 1.29 is 4.74 Å². The van der Waals surface area contributed by atoms with Crippen LogP contribution in [0.25, 0.3) is 78.4 Å². The molecule has 0 amide bonds. The van der Waals surface area contributed by atoms with Gasteiger partial charge in [-0.3, -0.25) is 0 Å². The molecular formula is C51H34N4O. The van der Waals surface area contributed by atoms with Gasteiger partial charge in [0.25, 0.3) is 0 Å². The molecule has 7 aromatic carbocycles. The zero-order chi connectivity index (χ0) is 37.0. The Hall–Kier alpha value is -7.37. The van der Waals surface area contributed by atoms with Gasteiger partial charge >= 0.3 is 0 Å². The normalized spacial score (nSPS) is 15.7. The van der Waals surface area contributed by atoms with Gasteiger partial charge in [-0.1, -0.05) is 152 Å². The summed E-state index contributed by atoms with van der Waals surface area (Å²) in [4.78, 5) is 15.1. The molecule has 0 bridgehead atoms. The van der Waals surface area contributed by atoms with Crippen LogP contribution in [-0.2, 0) is 0 Å². The number of aromatic nitrogens is 4. The Morgan fingerprint density at radius 3 is 1.82 bits per heavy atom. The quantitative estimate of drug-likeness (QED) is 0.172. The van der Waals surface area contributed by atoms with Crippen LogP contribution in [0.5, 0.6) is 5.75 Å². The Morgan fingerprint density at radius 1 is 0.464 bits per heavy atom. The maximum atomic E-state index is 6.89. The largest absolute Gasteiger partial charge is 0.484 e. The minimum Gasteiger partial charge on any atom is -0.484 e. The SMILES string of the molecule is C1=CC2c3cccc(-c4nc(-c5ccccc5)nc(-c5ccc(-c6ccccc6)cc5)n4)c3OC2C=C1c1ccc2c(c1)c1ccccc1n2-c1ccccc1. The molecule has 0 fully saturated rings. The second-order valence-electron chi connectivity index (χ2n) is 14.3. The van der Waals surface area contributed by atoms with E-state index in [1.807, 2.05) is 36.4 Å². The van der Waals surface area contributed by atoms with Crippen LogP contribution in [0.1, 0.15) is 17.0 Å². The van der Waals surface area contributed by atoms with E-state index in [0.29, 0.717) is 17.5 Å². The predicted molar refractivity (Wildman–Crippen MR) is 227 cm³/mol. The molecule has 2 aliphatic rings. The average Bonchev–Trinajstić information content (AvgIpc) is 3.82. The molecule has 0 saturated heterocycles.